The first-order chi connectivity index (χ1) is 17.0. The highest BCUT2D eigenvalue weighted by molar-refractivity contribution is 7.07. The van der Waals surface area contributed by atoms with Gasteiger partial charge in [0.1, 0.15) is 5.75 Å². The fraction of sp³-hybridized carbons (Fsp3) is 0.120. The van der Waals surface area contributed by atoms with E-state index < -0.39 is 6.61 Å². The molecular weight excluding hydrogens is 476 g/mol. The molecule has 4 aromatic rings. The van der Waals surface area contributed by atoms with Gasteiger partial charge in [-0.3, -0.25) is 0 Å². The Balaban J connectivity index is 1.80. The molecule has 0 saturated heterocycles. The number of aromatic nitrogens is 1. The van der Waals surface area contributed by atoms with Gasteiger partial charge in [-0.05, 0) is 48.5 Å². The number of thiazole rings is 1. The third-order valence-electron chi connectivity index (χ3n) is 4.87. The van der Waals surface area contributed by atoms with Crippen molar-refractivity contribution in [1.82, 2.24) is 4.68 Å². The van der Waals surface area contributed by atoms with Crippen molar-refractivity contribution in [3.05, 3.63) is 82.5 Å². The number of benzene rings is 3. The molecule has 0 aliphatic carbocycles. The number of aromatic hydroxyl groups is 1. The molecule has 0 fully saturated rings. The van der Waals surface area contributed by atoms with Crippen molar-refractivity contribution in [3.63, 3.8) is 0 Å². The zero-order valence-corrected chi connectivity index (χ0v) is 19.6. The number of halogens is 2. The molecule has 0 radical (unpaired) electrons. The van der Waals surface area contributed by atoms with E-state index in [1.165, 1.54) is 37.7 Å². The number of phenolic OH excluding ortho intramolecular Hbond substituents is 1. The highest BCUT2D eigenvalue weighted by Crippen LogP contribution is 2.36. The van der Waals surface area contributed by atoms with Crippen LogP contribution in [0.1, 0.15) is 5.56 Å². The van der Waals surface area contributed by atoms with Gasteiger partial charge in [0.15, 0.2) is 11.5 Å². The van der Waals surface area contributed by atoms with E-state index in [0.29, 0.717) is 16.1 Å². The molecule has 1 N–H and O–H groups in total. The lowest BCUT2D eigenvalue weighted by Gasteiger charge is -2.09. The number of phenols is 1. The van der Waals surface area contributed by atoms with E-state index in [9.17, 15) is 13.9 Å². The molecule has 4 rings (SSSR count). The number of methoxy groups -OCH3 is 2. The van der Waals surface area contributed by atoms with Crippen LogP contribution in [-0.2, 0) is 0 Å². The highest BCUT2D eigenvalue weighted by atomic mass is 32.1. The Morgan fingerprint density at radius 1 is 0.971 bits per heavy atom. The van der Waals surface area contributed by atoms with Crippen molar-refractivity contribution in [2.45, 2.75) is 6.61 Å². The molecule has 0 spiro atoms. The van der Waals surface area contributed by atoms with Crippen LogP contribution in [0.25, 0.3) is 11.3 Å². The molecule has 35 heavy (non-hydrogen) atoms. The summed E-state index contributed by atoms with van der Waals surface area (Å²) in [6.45, 7) is -2.90. The Kier molecular flexibility index (Phi) is 7.41. The summed E-state index contributed by atoms with van der Waals surface area (Å²) in [5.41, 5.74) is 2.80. The number of hydrogen-bond acceptors (Lipinski definition) is 7. The number of para-hydroxylation sites is 1. The van der Waals surface area contributed by atoms with Gasteiger partial charge in [-0.15, -0.1) is 11.3 Å². The van der Waals surface area contributed by atoms with Crippen LogP contribution in [0, 0.1) is 0 Å². The summed E-state index contributed by atoms with van der Waals surface area (Å²) < 4.78 is 41.6. The molecule has 10 heteroatoms. The maximum Gasteiger partial charge on any atom is 0.387 e. The maximum absolute atomic E-state index is 12.5. The lowest BCUT2D eigenvalue weighted by molar-refractivity contribution is -0.0498. The molecule has 0 saturated carbocycles. The molecule has 3 aromatic carbocycles. The summed E-state index contributed by atoms with van der Waals surface area (Å²) in [7, 11) is 2.89. The minimum absolute atomic E-state index is 0.0616. The molecule has 0 bridgehead atoms. The fourth-order valence-electron chi connectivity index (χ4n) is 3.22. The van der Waals surface area contributed by atoms with Gasteiger partial charge >= 0.3 is 6.61 Å². The van der Waals surface area contributed by atoms with Crippen molar-refractivity contribution in [2.75, 3.05) is 14.2 Å². The van der Waals surface area contributed by atoms with Crippen molar-refractivity contribution in [3.8, 4) is 34.3 Å². The van der Waals surface area contributed by atoms with Crippen molar-refractivity contribution < 1.29 is 28.1 Å². The Morgan fingerprint density at radius 2 is 1.63 bits per heavy atom. The van der Waals surface area contributed by atoms with Gasteiger partial charge in [0.05, 0.1) is 31.8 Å². The van der Waals surface area contributed by atoms with E-state index in [2.05, 4.69) is 9.84 Å². The number of nitrogens with zero attached hydrogens (tertiary/aromatic N) is 3. The largest absolute Gasteiger partial charge is 0.502 e. The number of alkyl halides is 2. The smallest absolute Gasteiger partial charge is 0.387 e. The number of ether oxygens (including phenoxy) is 3. The Hall–Kier alpha value is -4.18. The van der Waals surface area contributed by atoms with Crippen LogP contribution in [0.15, 0.2) is 82.2 Å². The Bertz CT molecular complexity index is 1360. The number of hydrogen-bond donors (Lipinski definition) is 1. The van der Waals surface area contributed by atoms with Crippen LogP contribution in [0.3, 0.4) is 0 Å². The lowest BCUT2D eigenvalue weighted by atomic mass is 10.2. The zero-order chi connectivity index (χ0) is 24.8. The molecule has 0 aliphatic rings. The Labute approximate surface area is 203 Å². The minimum Gasteiger partial charge on any atom is -0.502 e. The molecular formula is C25H21F2N3O4S. The molecule has 0 atom stereocenters. The molecule has 180 valence electrons. The second-order valence-electron chi connectivity index (χ2n) is 7.08. The first-order valence-electron chi connectivity index (χ1n) is 10.3. The Morgan fingerprint density at radius 3 is 2.23 bits per heavy atom. The van der Waals surface area contributed by atoms with E-state index in [1.807, 2.05) is 35.7 Å². The SMILES string of the molecule is COc1cc(/C=N\n2c(-c3ccc(OC(F)F)cc3)csc2=Nc2ccccc2)cc(OC)c1O. The van der Waals surface area contributed by atoms with E-state index >= 15 is 0 Å². The van der Waals surface area contributed by atoms with Gasteiger partial charge in [-0.1, -0.05) is 18.2 Å². The van der Waals surface area contributed by atoms with Crippen LogP contribution in [0.5, 0.6) is 23.0 Å². The van der Waals surface area contributed by atoms with Crippen LogP contribution >= 0.6 is 11.3 Å². The summed E-state index contributed by atoms with van der Waals surface area (Å²) in [5.74, 6) is 0.434. The molecule has 0 aliphatic heterocycles. The second-order valence-corrected chi connectivity index (χ2v) is 7.92. The van der Waals surface area contributed by atoms with Crippen LogP contribution in [0.4, 0.5) is 14.5 Å². The summed E-state index contributed by atoms with van der Waals surface area (Å²) in [4.78, 5) is 5.28. The van der Waals surface area contributed by atoms with Crippen molar-refractivity contribution >= 4 is 23.2 Å². The summed E-state index contributed by atoms with van der Waals surface area (Å²) in [6.07, 6.45) is 1.58. The van der Waals surface area contributed by atoms with Gasteiger partial charge in [-0.2, -0.15) is 13.9 Å². The standard InChI is InChI=1S/C25H21F2N3O4S/c1-32-21-12-16(13-22(33-2)23(21)31)14-28-30-20(17-8-10-19(11-9-17)34-24(26)27)15-35-25(30)29-18-6-4-3-5-7-18/h3-15,24,31H,1-2H3/b28-14-,29-25?. The van der Waals surface area contributed by atoms with Gasteiger partial charge in [0, 0.05) is 16.5 Å². The predicted molar refractivity (Wildman–Crippen MR) is 130 cm³/mol. The molecule has 1 aromatic heterocycles. The normalized spacial score (nSPS) is 11.9. The third-order valence-corrected chi connectivity index (χ3v) is 5.68. The topological polar surface area (TPSA) is 77.6 Å². The maximum atomic E-state index is 12.5. The average molecular weight is 498 g/mol. The quantitative estimate of drug-likeness (QED) is 0.319. The molecule has 1 heterocycles. The van der Waals surface area contributed by atoms with Crippen molar-refractivity contribution in [2.24, 2.45) is 10.1 Å². The van der Waals surface area contributed by atoms with Crippen LogP contribution in [0.2, 0.25) is 0 Å². The van der Waals surface area contributed by atoms with Gasteiger partial charge in [0.25, 0.3) is 0 Å². The fourth-order valence-corrected chi connectivity index (χ4v) is 4.08. The minimum atomic E-state index is -2.90. The summed E-state index contributed by atoms with van der Waals surface area (Å²) >= 11 is 1.38. The summed E-state index contributed by atoms with van der Waals surface area (Å²) in [6, 6.07) is 19.0. The number of rotatable bonds is 8. The third kappa shape index (κ3) is 5.67. The average Bonchev–Trinajstić information content (AvgIpc) is 3.26. The van der Waals surface area contributed by atoms with E-state index in [1.54, 1.807) is 35.2 Å². The summed E-state index contributed by atoms with van der Waals surface area (Å²) in [5, 5.41) is 16.7. The van der Waals surface area contributed by atoms with Crippen molar-refractivity contribution in [1.29, 1.82) is 0 Å². The molecule has 0 amide bonds. The van der Waals surface area contributed by atoms with E-state index in [-0.39, 0.29) is 23.0 Å². The first kappa shape index (κ1) is 24.0. The van der Waals surface area contributed by atoms with Crippen LogP contribution in [-0.4, -0.2) is 36.8 Å². The first-order valence-corrected chi connectivity index (χ1v) is 11.2. The van der Waals surface area contributed by atoms with E-state index in [4.69, 9.17) is 14.5 Å². The van der Waals surface area contributed by atoms with Gasteiger partial charge in [-0.25, -0.2) is 9.67 Å². The van der Waals surface area contributed by atoms with Gasteiger partial charge in [0.2, 0.25) is 10.6 Å². The van der Waals surface area contributed by atoms with E-state index in [0.717, 1.165) is 11.3 Å². The molecule has 7 nitrogen and oxygen atoms in total. The second kappa shape index (κ2) is 10.8. The highest BCUT2D eigenvalue weighted by Gasteiger charge is 2.12. The lowest BCUT2D eigenvalue weighted by Crippen LogP contribution is -2.11. The zero-order valence-electron chi connectivity index (χ0n) is 18.8. The monoisotopic (exact) mass is 497 g/mol. The predicted octanol–water partition coefficient (Wildman–Crippen LogP) is 5.66. The molecule has 0 unspecified atom stereocenters. The van der Waals surface area contributed by atoms with Gasteiger partial charge < -0.3 is 19.3 Å². The van der Waals surface area contributed by atoms with Crippen LogP contribution < -0.4 is 19.0 Å².